The fourth-order valence-electron chi connectivity index (χ4n) is 2.84. The molecule has 164 valence electrons. The Morgan fingerprint density at radius 1 is 0.667 bits per heavy atom. The van der Waals surface area contributed by atoms with Crippen molar-refractivity contribution in [1.29, 1.82) is 0 Å². The van der Waals surface area contributed by atoms with Gasteiger partial charge in [-0.1, -0.05) is 73.9 Å². The fraction of sp³-hybridized carbons (Fsp3) is 0. The van der Waals surface area contributed by atoms with Gasteiger partial charge in [-0.25, -0.2) is 14.0 Å². The molecule has 4 nitrogen and oxygen atoms in total. The van der Waals surface area contributed by atoms with E-state index in [4.69, 9.17) is 9.47 Å². The second-order valence-corrected chi connectivity index (χ2v) is 6.84. The van der Waals surface area contributed by atoms with Gasteiger partial charge in [0.2, 0.25) is 0 Å². The van der Waals surface area contributed by atoms with E-state index >= 15 is 0 Å². The van der Waals surface area contributed by atoms with E-state index < -0.39 is 11.9 Å². The van der Waals surface area contributed by atoms with Gasteiger partial charge in [0.05, 0.1) is 0 Å². The first-order valence-electron chi connectivity index (χ1n) is 10.0. The molecule has 33 heavy (non-hydrogen) atoms. The summed E-state index contributed by atoms with van der Waals surface area (Å²) >= 11 is 0. The number of rotatable bonds is 8. The van der Waals surface area contributed by atoms with Crippen molar-refractivity contribution < 1.29 is 23.5 Å². The van der Waals surface area contributed by atoms with E-state index in [9.17, 15) is 14.0 Å². The number of benzene rings is 3. The van der Waals surface area contributed by atoms with Crippen LogP contribution in [0.1, 0.15) is 22.3 Å². The number of carbonyl (C=O) groups excluding carboxylic acids is 2. The van der Waals surface area contributed by atoms with Crippen LogP contribution in [0.5, 0.6) is 11.5 Å². The van der Waals surface area contributed by atoms with Gasteiger partial charge in [-0.2, -0.15) is 0 Å². The van der Waals surface area contributed by atoms with E-state index in [1.54, 1.807) is 72.8 Å². The van der Waals surface area contributed by atoms with Gasteiger partial charge in [-0.05, 0) is 47.0 Å². The molecule has 0 saturated heterocycles. The molecule has 0 N–H and O–H groups in total. The first-order valence-corrected chi connectivity index (χ1v) is 10.0. The summed E-state index contributed by atoms with van der Waals surface area (Å²) in [4.78, 5) is 22.7. The molecular formula is C28H21FO4. The summed E-state index contributed by atoms with van der Waals surface area (Å²) in [6.07, 6.45) is 9.12. The third-order valence-electron chi connectivity index (χ3n) is 4.43. The molecule has 0 aliphatic rings. The topological polar surface area (TPSA) is 52.6 Å². The zero-order chi connectivity index (χ0) is 23.6. The number of esters is 2. The van der Waals surface area contributed by atoms with Gasteiger partial charge < -0.3 is 9.47 Å². The van der Waals surface area contributed by atoms with Crippen molar-refractivity contribution in [2.24, 2.45) is 0 Å². The minimum Gasteiger partial charge on any atom is -0.423 e. The molecule has 3 rings (SSSR count). The second kappa shape index (κ2) is 11.2. The van der Waals surface area contributed by atoms with Crippen LogP contribution in [-0.2, 0) is 9.59 Å². The largest absolute Gasteiger partial charge is 0.423 e. The molecule has 0 aliphatic carbocycles. The minimum atomic E-state index is -0.546. The quantitative estimate of drug-likeness (QED) is 0.177. The van der Waals surface area contributed by atoms with Gasteiger partial charge in [-0.3, -0.25) is 0 Å². The zero-order valence-corrected chi connectivity index (χ0v) is 17.7. The van der Waals surface area contributed by atoms with Crippen LogP contribution in [0.3, 0.4) is 0 Å². The van der Waals surface area contributed by atoms with E-state index in [0.717, 1.165) is 23.3 Å². The minimum absolute atomic E-state index is 0.378. The highest BCUT2D eigenvalue weighted by atomic mass is 19.1. The number of hydrogen-bond donors (Lipinski definition) is 0. The molecule has 3 aromatic rings. The van der Waals surface area contributed by atoms with Crippen LogP contribution in [-0.4, -0.2) is 11.9 Å². The molecule has 0 saturated carbocycles. The highest BCUT2D eigenvalue weighted by Gasteiger charge is 2.03. The Morgan fingerprint density at radius 3 is 1.64 bits per heavy atom. The summed E-state index contributed by atoms with van der Waals surface area (Å²) in [6, 6.07) is 18.7. The molecule has 0 aliphatic heterocycles. The number of hydrogen-bond acceptors (Lipinski definition) is 4. The first-order chi connectivity index (χ1) is 16.0. The highest BCUT2D eigenvalue weighted by Crippen LogP contribution is 2.20. The molecule has 0 atom stereocenters. The van der Waals surface area contributed by atoms with Gasteiger partial charge in [0.25, 0.3) is 0 Å². The Labute approximate surface area is 191 Å². The van der Waals surface area contributed by atoms with Crippen molar-refractivity contribution in [2.75, 3.05) is 0 Å². The normalized spacial score (nSPS) is 10.8. The number of halogens is 1. The van der Waals surface area contributed by atoms with Gasteiger partial charge >= 0.3 is 11.9 Å². The third kappa shape index (κ3) is 7.01. The number of carbonyl (C=O) groups is 2. The molecule has 0 aromatic heterocycles. The van der Waals surface area contributed by atoms with Crippen LogP contribution in [0.2, 0.25) is 0 Å². The van der Waals surface area contributed by atoms with Gasteiger partial charge in [0, 0.05) is 17.7 Å². The van der Waals surface area contributed by atoms with Crippen molar-refractivity contribution in [3.05, 3.63) is 120 Å². The van der Waals surface area contributed by atoms with Crippen molar-refractivity contribution in [3.8, 4) is 11.5 Å². The van der Waals surface area contributed by atoms with Crippen LogP contribution in [0.4, 0.5) is 4.39 Å². The predicted molar refractivity (Wildman–Crippen MR) is 129 cm³/mol. The van der Waals surface area contributed by atoms with E-state index in [1.165, 1.54) is 6.07 Å². The van der Waals surface area contributed by atoms with Crippen molar-refractivity contribution in [3.63, 3.8) is 0 Å². The molecule has 0 spiro atoms. The Morgan fingerprint density at radius 2 is 1.15 bits per heavy atom. The van der Waals surface area contributed by atoms with Crippen LogP contribution in [0.25, 0.3) is 24.3 Å². The van der Waals surface area contributed by atoms with Gasteiger partial charge in [0.1, 0.15) is 17.3 Å². The lowest BCUT2D eigenvalue weighted by atomic mass is 10.1. The molecule has 0 heterocycles. The second-order valence-electron chi connectivity index (χ2n) is 6.84. The maximum Gasteiger partial charge on any atom is 0.335 e. The summed E-state index contributed by atoms with van der Waals surface area (Å²) in [5, 5.41) is 0. The van der Waals surface area contributed by atoms with E-state index in [-0.39, 0.29) is 5.82 Å². The molecular weight excluding hydrogens is 419 g/mol. The summed E-state index contributed by atoms with van der Waals surface area (Å²) in [5.74, 6) is -0.679. The van der Waals surface area contributed by atoms with Crippen LogP contribution in [0, 0.1) is 5.82 Å². The van der Waals surface area contributed by atoms with Crippen molar-refractivity contribution in [2.45, 2.75) is 0 Å². The SMILES string of the molecule is C=CC(=O)Oc1cccc(/C=C/c2ccc(/C=C/c3cccc(OC(=O)C=C)c3)c(F)c2)c1. The molecule has 3 aromatic carbocycles. The van der Waals surface area contributed by atoms with Crippen molar-refractivity contribution in [1.82, 2.24) is 0 Å². The molecule has 0 fully saturated rings. The smallest absolute Gasteiger partial charge is 0.335 e. The Hall–Kier alpha value is -4.51. The van der Waals surface area contributed by atoms with Crippen LogP contribution >= 0.6 is 0 Å². The average molecular weight is 440 g/mol. The molecule has 5 heteroatoms. The lowest BCUT2D eigenvalue weighted by molar-refractivity contribution is -0.129. The van der Waals surface area contributed by atoms with Crippen molar-refractivity contribution >= 4 is 36.2 Å². The first kappa shape index (κ1) is 23.2. The summed E-state index contributed by atoms with van der Waals surface area (Å²) in [5.41, 5.74) is 2.64. The highest BCUT2D eigenvalue weighted by molar-refractivity contribution is 5.84. The Kier molecular flexibility index (Phi) is 7.86. The summed E-state index contributed by atoms with van der Waals surface area (Å²) in [6.45, 7) is 6.73. The Bertz CT molecular complexity index is 1250. The van der Waals surface area contributed by atoms with Crippen LogP contribution in [0.15, 0.2) is 92.0 Å². The summed E-state index contributed by atoms with van der Waals surface area (Å²) < 4.78 is 24.8. The molecule has 0 bridgehead atoms. The summed E-state index contributed by atoms with van der Waals surface area (Å²) in [7, 11) is 0. The zero-order valence-electron chi connectivity index (χ0n) is 17.7. The van der Waals surface area contributed by atoms with E-state index in [1.807, 2.05) is 12.1 Å². The van der Waals surface area contributed by atoms with Crippen LogP contribution < -0.4 is 9.47 Å². The maximum atomic E-state index is 14.6. The number of ether oxygens (including phenoxy) is 2. The molecule has 0 radical (unpaired) electrons. The standard InChI is InChI=1S/C28H21FO4/c1-3-27(30)32-24-9-5-7-20(17-24)11-12-22-14-16-23(26(29)19-22)15-13-21-8-6-10-25(18-21)33-28(31)4-2/h3-19H,1-2H2/b12-11+,15-13+. The van der Waals surface area contributed by atoms with E-state index in [2.05, 4.69) is 13.2 Å². The predicted octanol–water partition coefficient (Wildman–Crippen LogP) is 6.35. The lowest BCUT2D eigenvalue weighted by Crippen LogP contribution is -2.02. The van der Waals surface area contributed by atoms with Gasteiger partial charge in [0.15, 0.2) is 0 Å². The fourth-order valence-corrected chi connectivity index (χ4v) is 2.84. The molecule has 0 amide bonds. The van der Waals surface area contributed by atoms with E-state index in [0.29, 0.717) is 22.6 Å². The third-order valence-corrected chi connectivity index (χ3v) is 4.43. The lowest BCUT2D eigenvalue weighted by Gasteiger charge is -2.03. The monoisotopic (exact) mass is 440 g/mol. The molecule has 0 unspecified atom stereocenters. The van der Waals surface area contributed by atoms with Gasteiger partial charge in [-0.15, -0.1) is 0 Å². The average Bonchev–Trinajstić information content (AvgIpc) is 2.82. The Balaban J connectivity index is 1.70. The maximum absolute atomic E-state index is 14.6.